The Bertz CT molecular complexity index is 526. The van der Waals surface area contributed by atoms with Crippen molar-refractivity contribution in [2.75, 3.05) is 19.8 Å². The van der Waals surface area contributed by atoms with E-state index in [1.54, 1.807) is 0 Å². The first-order valence-corrected chi connectivity index (χ1v) is 8.43. The summed E-state index contributed by atoms with van der Waals surface area (Å²) in [5, 5.41) is 7.73. The summed E-state index contributed by atoms with van der Waals surface area (Å²) in [4.78, 5) is 4.55. The molecule has 3 aliphatic rings. The van der Waals surface area contributed by atoms with Crippen molar-refractivity contribution < 1.29 is 14.0 Å². The second-order valence-corrected chi connectivity index (χ2v) is 7.49. The lowest BCUT2D eigenvalue weighted by Gasteiger charge is -2.19. The molecule has 122 valence electrons. The van der Waals surface area contributed by atoms with Gasteiger partial charge in [-0.3, -0.25) is 0 Å². The minimum Gasteiger partial charge on any atom is -0.374 e. The van der Waals surface area contributed by atoms with Gasteiger partial charge in [-0.1, -0.05) is 5.16 Å². The van der Waals surface area contributed by atoms with Gasteiger partial charge in [0.2, 0.25) is 0 Å². The Labute approximate surface area is 130 Å². The lowest BCUT2D eigenvalue weighted by atomic mass is 9.99. The van der Waals surface area contributed by atoms with Crippen molar-refractivity contribution in [3.05, 3.63) is 11.7 Å². The fourth-order valence-electron chi connectivity index (χ4n) is 3.47. The number of nitrogens with zero attached hydrogens (tertiary/aromatic N) is 2. The predicted octanol–water partition coefficient (Wildman–Crippen LogP) is 2.18. The minimum atomic E-state index is -0.0529. The summed E-state index contributed by atoms with van der Waals surface area (Å²) in [7, 11) is 0. The van der Waals surface area contributed by atoms with E-state index in [0.717, 1.165) is 38.4 Å². The van der Waals surface area contributed by atoms with E-state index < -0.39 is 0 Å². The maximum absolute atomic E-state index is 5.85. The molecule has 0 radical (unpaired) electrons. The number of hydrogen-bond acceptors (Lipinski definition) is 6. The molecule has 1 saturated carbocycles. The summed E-state index contributed by atoms with van der Waals surface area (Å²) in [5.41, 5.74) is -0.00506. The normalized spacial score (nSPS) is 34.4. The quantitative estimate of drug-likeness (QED) is 0.899. The highest BCUT2D eigenvalue weighted by Crippen LogP contribution is 2.40. The molecule has 1 aromatic heterocycles. The number of aromatic nitrogens is 2. The maximum Gasteiger partial charge on any atom is 0.256 e. The zero-order valence-corrected chi connectivity index (χ0v) is 13.4. The van der Waals surface area contributed by atoms with E-state index >= 15 is 0 Å². The molecule has 0 bridgehead atoms. The van der Waals surface area contributed by atoms with Crippen LogP contribution in [0.2, 0.25) is 0 Å². The van der Waals surface area contributed by atoms with Crippen LogP contribution in [0.4, 0.5) is 0 Å². The third kappa shape index (κ3) is 3.05. The standard InChI is InChI=1S/C16H25N3O3/c1-16(2)7-12(9-21-16)17-8-11-5-6-20-13(11)15-18-14(19-22-15)10-3-4-10/h10-13,17H,3-9H2,1-2H3/t11-,12?,13-/m0/s1. The molecule has 4 rings (SSSR count). The number of ether oxygens (including phenoxy) is 2. The lowest BCUT2D eigenvalue weighted by molar-refractivity contribution is 0.0354. The minimum absolute atomic E-state index is 0.00506. The Morgan fingerprint density at radius 1 is 1.27 bits per heavy atom. The lowest BCUT2D eigenvalue weighted by Crippen LogP contribution is -2.35. The molecule has 3 atom stereocenters. The summed E-state index contributed by atoms with van der Waals surface area (Å²) in [6.07, 6.45) is 4.41. The first-order valence-electron chi connectivity index (χ1n) is 8.43. The summed E-state index contributed by atoms with van der Waals surface area (Å²) < 4.78 is 17.1. The molecule has 22 heavy (non-hydrogen) atoms. The van der Waals surface area contributed by atoms with E-state index in [1.807, 2.05) is 0 Å². The van der Waals surface area contributed by atoms with E-state index in [0.29, 0.717) is 23.8 Å². The van der Waals surface area contributed by atoms with Crippen LogP contribution in [0.25, 0.3) is 0 Å². The molecule has 2 saturated heterocycles. The average Bonchev–Trinajstić information content (AvgIpc) is 2.91. The van der Waals surface area contributed by atoms with Gasteiger partial charge in [0.15, 0.2) is 5.82 Å². The highest BCUT2D eigenvalue weighted by atomic mass is 16.5. The third-order valence-electron chi connectivity index (χ3n) is 4.94. The number of hydrogen-bond donors (Lipinski definition) is 1. The van der Waals surface area contributed by atoms with Crippen molar-refractivity contribution in [2.45, 2.75) is 63.2 Å². The maximum atomic E-state index is 5.85. The molecule has 0 amide bonds. The first kappa shape index (κ1) is 14.6. The van der Waals surface area contributed by atoms with E-state index in [1.165, 1.54) is 12.8 Å². The van der Waals surface area contributed by atoms with Crippen LogP contribution >= 0.6 is 0 Å². The van der Waals surface area contributed by atoms with E-state index in [9.17, 15) is 0 Å². The largest absolute Gasteiger partial charge is 0.374 e. The Morgan fingerprint density at radius 2 is 2.14 bits per heavy atom. The molecule has 1 N–H and O–H groups in total. The number of rotatable bonds is 5. The molecular weight excluding hydrogens is 282 g/mol. The Kier molecular flexibility index (Phi) is 3.71. The highest BCUT2D eigenvalue weighted by molar-refractivity contribution is 5.05. The molecule has 1 aromatic rings. The predicted molar refractivity (Wildman–Crippen MR) is 79.5 cm³/mol. The fraction of sp³-hybridized carbons (Fsp3) is 0.875. The first-order chi connectivity index (χ1) is 10.6. The van der Waals surface area contributed by atoms with Crippen LogP contribution in [-0.2, 0) is 9.47 Å². The zero-order chi connectivity index (χ0) is 15.2. The second-order valence-electron chi connectivity index (χ2n) is 7.49. The van der Waals surface area contributed by atoms with Crippen LogP contribution in [0.15, 0.2) is 4.52 Å². The van der Waals surface area contributed by atoms with Gasteiger partial charge in [-0.2, -0.15) is 4.98 Å². The molecule has 1 aliphatic carbocycles. The van der Waals surface area contributed by atoms with Crippen LogP contribution in [0.5, 0.6) is 0 Å². The monoisotopic (exact) mass is 307 g/mol. The van der Waals surface area contributed by atoms with Crippen molar-refractivity contribution in [3.63, 3.8) is 0 Å². The molecule has 1 unspecified atom stereocenters. The molecule has 0 spiro atoms. The van der Waals surface area contributed by atoms with Gasteiger partial charge in [0.05, 0.1) is 12.2 Å². The van der Waals surface area contributed by atoms with E-state index in [4.69, 9.17) is 14.0 Å². The van der Waals surface area contributed by atoms with E-state index in [-0.39, 0.29) is 11.7 Å². The molecule has 3 fully saturated rings. The second kappa shape index (κ2) is 5.58. The van der Waals surface area contributed by atoms with Crippen LogP contribution < -0.4 is 5.32 Å². The summed E-state index contributed by atoms with van der Waals surface area (Å²) in [6.45, 7) is 6.76. The molecule has 6 nitrogen and oxygen atoms in total. The summed E-state index contributed by atoms with van der Waals surface area (Å²) in [6, 6.07) is 0.431. The molecule has 2 aliphatic heterocycles. The Morgan fingerprint density at radius 3 is 2.86 bits per heavy atom. The van der Waals surface area contributed by atoms with Crippen molar-refractivity contribution in [3.8, 4) is 0 Å². The van der Waals surface area contributed by atoms with Crippen molar-refractivity contribution in [1.82, 2.24) is 15.5 Å². The summed E-state index contributed by atoms with van der Waals surface area (Å²) in [5.74, 6) is 2.45. The SMILES string of the molecule is CC1(C)CC(NC[C@@H]2CCO[C@@H]2c2nc(C3CC3)no2)CO1. The van der Waals surface area contributed by atoms with Gasteiger partial charge in [-0.15, -0.1) is 0 Å². The summed E-state index contributed by atoms with van der Waals surface area (Å²) >= 11 is 0. The van der Waals surface area contributed by atoms with Crippen LogP contribution in [0.1, 0.15) is 63.3 Å². The van der Waals surface area contributed by atoms with Gasteiger partial charge in [0, 0.05) is 31.0 Å². The van der Waals surface area contributed by atoms with Crippen LogP contribution in [0, 0.1) is 5.92 Å². The topological polar surface area (TPSA) is 69.4 Å². The van der Waals surface area contributed by atoms with Gasteiger partial charge in [-0.05, 0) is 39.5 Å². The van der Waals surface area contributed by atoms with E-state index in [2.05, 4.69) is 29.3 Å². The van der Waals surface area contributed by atoms with Gasteiger partial charge in [0.25, 0.3) is 5.89 Å². The van der Waals surface area contributed by atoms with Crippen LogP contribution in [0.3, 0.4) is 0 Å². The third-order valence-corrected chi connectivity index (χ3v) is 4.94. The molecular formula is C16H25N3O3. The Balaban J connectivity index is 1.34. The smallest absolute Gasteiger partial charge is 0.256 e. The fourth-order valence-corrected chi connectivity index (χ4v) is 3.47. The van der Waals surface area contributed by atoms with Crippen molar-refractivity contribution >= 4 is 0 Å². The van der Waals surface area contributed by atoms with Gasteiger partial charge < -0.3 is 19.3 Å². The van der Waals surface area contributed by atoms with Crippen molar-refractivity contribution in [1.29, 1.82) is 0 Å². The molecule has 0 aromatic carbocycles. The van der Waals surface area contributed by atoms with Gasteiger partial charge >= 0.3 is 0 Å². The number of nitrogens with one attached hydrogen (secondary N) is 1. The average molecular weight is 307 g/mol. The Hall–Kier alpha value is -0.980. The molecule has 6 heteroatoms. The zero-order valence-electron chi connectivity index (χ0n) is 13.4. The van der Waals surface area contributed by atoms with Gasteiger partial charge in [0.1, 0.15) is 6.10 Å². The molecule has 3 heterocycles. The van der Waals surface area contributed by atoms with Gasteiger partial charge in [-0.25, -0.2) is 0 Å². The van der Waals surface area contributed by atoms with Crippen molar-refractivity contribution in [2.24, 2.45) is 5.92 Å². The highest BCUT2D eigenvalue weighted by Gasteiger charge is 2.38. The van der Waals surface area contributed by atoms with Crippen LogP contribution in [-0.4, -0.2) is 41.5 Å².